The first-order valence-corrected chi connectivity index (χ1v) is 15.3. The lowest BCUT2D eigenvalue weighted by Crippen LogP contribution is -2.32. The summed E-state index contributed by atoms with van der Waals surface area (Å²) in [6, 6.07) is 18.5. The molecule has 4 aromatic rings. The average molecular weight is 579 g/mol. The van der Waals surface area contributed by atoms with Crippen LogP contribution in [0.3, 0.4) is 0 Å². The number of nitrogens with two attached hydrogens (primary N) is 1. The number of amides is 1. The number of likely N-dealkylation sites (tertiary alicyclic amines) is 1. The maximum absolute atomic E-state index is 13.2. The van der Waals surface area contributed by atoms with Crippen molar-refractivity contribution >= 4 is 22.8 Å². The van der Waals surface area contributed by atoms with Gasteiger partial charge < -0.3 is 24.7 Å². The van der Waals surface area contributed by atoms with Crippen molar-refractivity contribution in [2.45, 2.75) is 43.7 Å². The number of likely N-dealkylation sites (N-methyl/N-ethyl adjacent to an activating group) is 1. The topological polar surface area (TPSA) is 98.7 Å². The Hall–Kier alpha value is -4.21. The van der Waals surface area contributed by atoms with Crippen LogP contribution in [0.4, 0.5) is 5.82 Å². The van der Waals surface area contributed by atoms with Crippen molar-refractivity contribution in [1.29, 1.82) is 0 Å². The van der Waals surface area contributed by atoms with E-state index < -0.39 is 0 Å². The van der Waals surface area contributed by atoms with Gasteiger partial charge in [0.25, 0.3) is 0 Å². The average Bonchev–Trinajstić information content (AvgIpc) is 3.39. The SMILES string of the molecule is CN(CC=CC(=O)N1CCC(n2c(C3CC3)c(-c3ccc(Oc4ccccc4)cc3)c3c(N)ncnc32)C1)C1CCOC1. The lowest BCUT2D eigenvalue weighted by Gasteiger charge is -2.21. The zero-order valence-electron chi connectivity index (χ0n) is 24.6. The first-order valence-electron chi connectivity index (χ1n) is 15.3. The highest BCUT2D eigenvalue weighted by Crippen LogP contribution is 2.51. The molecule has 7 rings (SSSR count). The van der Waals surface area contributed by atoms with Gasteiger partial charge in [-0.05, 0) is 68.5 Å². The van der Waals surface area contributed by atoms with Crippen LogP contribution in [0.15, 0.2) is 73.1 Å². The number of fused-ring (bicyclic) bond motifs is 1. The van der Waals surface area contributed by atoms with Crippen LogP contribution in [0.1, 0.15) is 43.3 Å². The molecule has 2 aliphatic heterocycles. The zero-order chi connectivity index (χ0) is 29.3. The number of benzene rings is 2. The molecule has 2 aromatic heterocycles. The van der Waals surface area contributed by atoms with E-state index in [0.29, 0.717) is 30.9 Å². The summed E-state index contributed by atoms with van der Waals surface area (Å²) in [7, 11) is 2.09. The molecule has 1 aliphatic carbocycles. The van der Waals surface area contributed by atoms with Crippen LogP contribution in [0.25, 0.3) is 22.2 Å². The molecule has 3 fully saturated rings. The van der Waals surface area contributed by atoms with E-state index in [0.717, 1.165) is 79.1 Å². The van der Waals surface area contributed by atoms with Crippen molar-refractivity contribution in [2.24, 2.45) is 0 Å². The summed E-state index contributed by atoms with van der Waals surface area (Å²) in [5.41, 5.74) is 10.8. The number of hydrogen-bond acceptors (Lipinski definition) is 7. The van der Waals surface area contributed by atoms with Gasteiger partial charge in [0.15, 0.2) is 0 Å². The van der Waals surface area contributed by atoms with Crippen molar-refractivity contribution in [1.82, 2.24) is 24.3 Å². The van der Waals surface area contributed by atoms with Gasteiger partial charge in [0.1, 0.15) is 29.3 Å². The summed E-state index contributed by atoms with van der Waals surface area (Å²) in [6.07, 6.45) is 9.43. The van der Waals surface area contributed by atoms with Crippen LogP contribution in [-0.2, 0) is 9.53 Å². The fourth-order valence-corrected chi connectivity index (χ4v) is 6.50. The van der Waals surface area contributed by atoms with Crippen molar-refractivity contribution in [3.8, 4) is 22.6 Å². The molecule has 3 aliphatic rings. The molecule has 222 valence electrons. The summed E-state index contributed by atoms with van der Waals surface area (Å²) < 4.78 is 13.9. The number of ether oxygens (including phenoxy) is 2. The van der Waals surface area contributed by atoms with Crippen LogP contribution < -0.4 is 10.5 Å². The maximum Gasteiger partial charge on any atom is 0.246 e. The van der Waals surface area contributed by atoms with Crippen LogP contribution in [0.2, 0.25) is 0 Å². The molecule has 0 bridgehead atoms. The van der Waals surface area contributed by atoms with E-state index in [1.165, 1.54) is 5.69 Å². The Kier molecular flexibility index (Phi) is 7.59. The molecule has 9 heteroatoms. The number of rotatable bonds is 9. The molecule has 1 saturated carbocycles. The molecule has 1 amide bonds. The third kappa shape index (κ3) is 5.62. The smallest absolute Gasteiger partial charge is 0.246 e. The fraction of sp³-hybridized carbons (Fsp3) is 0.382. The van der Waals surface area contributed by atoms with Crippen molar-refractivity contribution in [2.75, 3.05) is 45.6 Å². The summed E-state index contributed by atoms with van der Waals surface area (Å²) in [6.45, 7) is 3.68. The molecule has 2 atom stereocenters. The molecule has 2 N–H and O–H groups in total. The Morgan fingerprint density at radius 2 is 1.86 bits per heavy atom. The molecule has 4 heterocycles. The van der Waals surface area contributed by atoms with Crippen molar-refractivity contribution in [3.05, 3.63) is 78.8 Å². The second kappa shape index (κ2) is 11.8. The number of anilines is 1. The minimum Gasteiger partial charge on any atom is -0.457 e. The number of carbonyl (C=O) groups is 1. The quantitative estimate of drug-likeness (QED) is 0.266. The molecular weight excluding hydrogens is 540 g/mol. The van der Waals surface area contributed by atoms with E-state index in [2.05, 4.69) is 33.6 Å². The highest BCUT2D eigenvalue weighted by molar-refractivity contribution is 6.03. The van der Waals surface area contributed by atoms with Crippen molar-refractivity contribution < 1.29 is 14.3 Å². The van der Waals surface area contributed by atoms with Gasteiger partial charge in [-0.2, -0.15) is 0 Å². The second-order valence-corrected chi connectivity index (χ2v) is 11.9. The molecule has 2 aromatic carbocycles. The molecule has 2 saturated heterocycles. The minimum atomic E-state index is 0.0615. The van der Waals surface area contributed by atoms with Gasteiger partial charge in [0.05, 0.1) is 18.0 Å². The van der Waals surface area contributed by atoms with Crippen LogP contribution >= 0.6 is 0 Å². The van der Waals surface area contributed by atoms with Crippen molar-refractivity contribution in [3.63, 3.8) is 0 Å². The first-order chi connectivity index (χ1) is 21.1. The highest BCUT2D eigenvalue weighted by Gasteiger charge is 2.38. The molecule has 9 nitrogen and oxygen atoms in total. The standard InChI is InChI=1S/C34H38N6O3/c1-38(26-16-19-42-21-26)17-5-8-29(41)39-18-15-25(20-39)40-32(24-9-10-24)30(31-33(35)36-22-37-34(31)40)23-11-13-28(14-12-23)43-27-6-3-2-4-7-27/h2-8,11-14,22,24-26H,9-10,15-21H2,1H3,(H2,35,36,37). The highest BCUT2D eigenvalue weighted by atomic mass is 16.5. The van der Waals surface area contributed by atoms with Gasteiger partial charge in [-0.25, -0.2) is 9.97 Å². The van der Waals surface area contributed by atoms with E-state index >= 15 is 0 Å². The van der Waals surface area contributed by atoms with Gasteiger partial charge in [0.2, 0.25) is 5.91 Å². The first kappa shape index (κ1) is 27.6. The summed E-state index contributed by atoms with van der Waals surface area (Å²) >= 11 is 0. The number of para-hydroxylation sites is 1. The van der Waals surface area contributed by atoms with Gasteiger partial charge in [-0.3, -0.25) is 9.69 Å². The van der Waals surface area contributed by atoms with E-state index in [4.69, 9.17) is 20.2 Å². The molecule has 2 unspecified atom stereocenters. The lowest BCUT2D eigenvalue weighted by atomic mass is 10.0. The monoisotopic (exact) mass is 578 g/mol. The Bertz CT molecular complexity index is 1620. The molecule has 43 heavy (non-hydrogen) atoms. The fourth-order valence-electron chi connectivity index (χ4n) is 6.50. The van der Waals surface area contributed by atoms with Crippen LogP contribution in [-0.4, -0.2) is 76.2 Å². The van der Waals surface area contributed by atoms with Gasteiger partial charge in [-0.15, -0.1) is 0 Å². The normalized spacial score (nSPS) is 20.6. The van der Waals surface area contributed by atoms with E-state index in [-0.39, 0.29) is 11.9 Å². The van der Waals surface area contributed by atoms with Crippen LogP contribution in [0.5, 0.6) is 11.5 Å². The van der Waals surface area contributed by atoms with Gasteiger partial charge in [0, 0.05) is 49.6 Å². The molecule has 0 radical (unpaired) electrons. The minimum absolute atomic E-state index is 0.0615. The van der Waals surface area contributed by atoms with Crippen LogP contribution in [0, 0.1) is 0 Å². The van der Waals surface area contributed by atoms with Gasteiger partial charge in [-0.1, -0.05) is 36.4 Å². The number of carbonyl (C=O) groups excluding carboxylic acids is 1. The largest absolute Gasteiger partial charge is 0.457 e. The number of aromatic nitrogens is 3. The lowest BCUT2D eigenvalue weighted by molar-refractivity contribution is -0.125. The number of nitrogen functional groups attached to an aromatic ring is 1. The van der Waals surface area contributed by atoms with E-state index in [9.17, 15) is 4.79 Å². The molecule has 0 spiro atoms. The predicted octanol–water partition coefficient (Wildman–Crippen LogP) is 5.40. The Balaban J connectivity index is 1.15. The predicted molar refractivity (Wildman–Crippen MR) is 167 cm³/mol. The molecular formula is C34H38N6O3. The second-order valence-electron chi connectivity index (χ2n) is 11.9. The maximum atomic E-state index is 13.2. The number of nitrogens with zero attached hydrogens (tertiary/aromatic N) is 5. The summed E-state index contributed by atoms with van der Waals surface area (Å²) in [5.74, 6) is 2.55. The van der Waals surface area contributed by atoms with E-state index in [1.807, 2.05) is 53.4 Å². The van der Waals surface area contributed by atoms with Gasteiger partial charge >= 0.3 is 0 Å². The third-order valence-corrected chi connectivity index (χ3v) is 8.96. The van der Waals surface area contributed by atoms with E-state index in [1.54, 1.807) is 12.4 Å². The summed E-state index contributed by atoms with van der Waals surface area (Å²) in [4.78, 5) is 26.6. The third-order valence-electron chi connectivity index (χ3n) is 8.96. The number of hydrogen-bond donors (Lipinski definition) is 1. The Morgan fingerprint density at radius 3 is 2.60 bits per heavy atom. The summed E-state index contributed by atoms with van der Waals surface area (Å²) in [5, 5.41) is 0.893. The Labute approximate surface area is 251 Å². The Morgan fingerprint density at radius 1 is 1.07 bits per heavy atom. The zero-order valence-corrected chi connectivity index (χ0v) is 24.6.